The van der Waals surface area contributed by atoms with Crippen LogP contribution >= 0.6 is 11.3 Å². The molecule has 4 saturated carbocycles. The van der Waals surface area contributed by atoms with Gasteiger partial charge in [-0.2, -0.15) is 0 Å². The number of amides is 2. The lowest BCUT2D eigenvalue weighted by atomic mass is 9.50. The minimum absolute atomic E-state index is 0.100. The first-order valence-corrected chi connectivity index (χ1v) is 10.6. The predicted molar refractivity (Wildman–Crippen MR) is 95.9 cm³/mol. The highest BCUT2D eigenvalue weighted by molar-refractivity contribution is 7.15. The van der Waals surface area contributed by atoms with E-state index in [1.165, 1.54) is 49.9 Å². The van der Waals surface area contributed by atoms with Crippen molar-refractivity contribution in [3.63, 3.8) is 0 Å². The van der Waals surface area contributed by atoms with Gasteiger partial charge in [-0.25, -0.2) is 13.6 Å². The van der Waals surface area contributed by atoms with E-state index in [1.807, 2.05) is 0 Å². The number of nitrogens with zero attached hydrogens (tertiary/aromatic N) is 3. The number of hydrogen-bond donors (Lipinski definition) is 2. The van der Waals surface area contributed by atoms with Crippen molar-refractivity contribution >= 4 is 22.5 Å². The molecule has 1 atom stereocenters. The van der Waals surface area contributed by atoms with E-state index in [0.717, 1.165) is 27.7 Å². The summed E-state index contributed by atoms with van der Waals surface area (Å²) in [5.41, 5.74) is 0.109. The zero-order valence-electron chi connectivity index (χ0n) is 15.0. The van der Waals surface area contributed by atoms with Crippen molar-refractivity contribution in [1.82, 2.24) is 15.1 Å². The number of carbonyl (C=O) groups excluding carboxylic acids is 1. The molecule has 1 aromatic heterocycles. The summed E-state index contributed by atoms with van der Waals surface area (Å²) < 4.78 is 27.4. The highest BCUT2D eigenvalue weighted by atomic mass is 32.1. The summed E-state index contributed by atoms with van der Waals surface area (Å²) in [7, 11) is 0. The topological polar surface area (TPSA) is 78.4 Å². The molecule has 0 spiro atoms. The summed E-state index contributed by atoms with van der Waals surface area (Å²) in [5.74, 6) is -0.901. The van der Waals surface area contributed by atoms with Crippen molar-refractivity contribution in [1.29, 1.82) is 0 Å². The van der Waals surface area contributed by atoms with E-state index < -0.39 is 24.6 Å². The van der Waals surface area contributed by atoms with Crippen LogP contribution in [-0.2, 0) is 5.41 Å². The lowest BCUT2D eigenvalue weighted by Crippen LogP contribution is -2.54. The van der Waals surface area contributed by atoms with Crippen molar-refractivity contribution in [2.24, 2.45) is 17.8 Å². The fourth-order valence-corrected chi connectivity index (χ4v) is 7.08. The van der Waals surface area contributed by atoms with Crippen LogP contribution in [0.25, 0.3) is 0 Å². The second-order valence-corrected chi connectivity index (χ2v) is 10.0. The lowest BCUT2D eigenvalue weighted by Gasteiger charge is -2.55. The van der Waals surface area contributed by atoms with Crippen molar-refractivity contribution in [2.45, 2.75) is 62.4 Å². The molecular formula is C18H24F2N4O2S. The summed E-state index contributed by atoms with van der Waals surface area (Å²) in [6.07, 6.45) is 5.71. The maximum absolute atomic E-state index is 13.7. The van der Waals surface area contributed by atoms with Crippen molar-refractivity contribution < 1.29 is 18.7 Å². The van der Waals surface area contributed by atoms with E-state index in [9.17, 15) is 18.7 Å². The zero-order chi connectivity index (χ0) is 18.8. The van der Waals surface area contributed by atoms with Gasteiger partial charge in [0.25, 0.3) is 5.92 Å². The third-order valence-electron chi connectivity index (χ3n) is 6.98. The number of urea groups is 1. The van der Waals surface area contributed by atoms with Crippen LogP contribution in [0.3, 0.4) is 0 Å². The number of anilines is 1. The van der Waals surface area contributed by atoms with Gasteiger partial charge in [-0.05, 0) is 62.7 Å². The number of carbonyl (C=O) groups is 1. The van der Waals surface area contributed by atoms with Gasteiger partial charge in [-0.1, -0.05) is 11.3 Å². The van der Waals surface area contributed by atoms with Crippen LogP contribution in [0, 0.1) is 17.8 Å². The fraction of sp³-hybridized carbons (Fsp3) is 0.833. The van der Waals surface area contributed by atoms with Crippen LogP contribution < -0.4 is 5.32 Å². The smallest absolute Gasteiger partial charge is 0.323 e. The molecule has 2 amide bonds. The summed E-state index contributed by atoms with van der Waals surface area (Å²) in [6, 6.07) is -0.602. The number of hydrogen-bond acceptors (Lipinski definition) is 5. The summed E-state index contributed by atoms with van der Waals surface area (Å²) in [4.78, 5) is 13.4. The van der Waals surface area contributed by atoms with Gasteiger partial charge in [0.05, 0.1) is 6.54 Å². The molecule has 6 nitrogen and oxygen atoms in total. The zero-order valence-corrected chi connectivity index (χ0v) is 15.9. The molecule has 2 N–H and O–H groups in total. The van der Waals surface area contributed by atoms with Gasteiger partial charge in [-0.15, -0.1) is 10.2 Å². The number of nitrogens with one attached hydrogen (secondary N) is 1. The van der Waals surface area contributed by atoms with E-state index in [2.05, 4.69) is 15.5 Å². The third-order valence-corrected chi connectivity index (χ3v) is 8.06. The summed E-state index contributed by atoms with van der Waals surface area (Å²) in [5, 5.41) is 21.9. The highest BCUT2D eigenvalue weighted by Gasteiger charge is 2.53. The molecule has 1 aliphatic heterocycles. The van der Waals surface area contributed by atoms with Crippen LogP contribution in [0.1, 0.15) is 50.0 Å². The minimum atomic E-state index is -3.28. The molecule has 0 radical (unpaired) electrons. The molecule has 2 heterocycles. The monoisotopic (exact) mass is 398 g/mol. The Kier molecular flexibility index (Phi) is 3.99. The molecule has 0 aromatic carbocycles. The number of aromatic nitrogens is 2. The summed E-state index contributed by atoms with van der Waals surface area (Å²) >= 11 is 1.40. The number of aliphatic hydroxyl groups is 1. The summed E-state index contributed by atoms with van der Waals surface area (Å²) in [6.45, 7) is -0.677. The van der Waals surface area contributed by atoms with Gasteiger partial charge >= 0.3 is 6.03 Å². The molecule has 1 unspecified atom stereocenters. The first-order valence-electron chi connectivity index (χ1n) is 9.79. The minimum Gasteiger partial charge on any atom is -0.387 e. The van der Waals surface area contributed by atoms with Gasteiger partial charge in [0.1, 0.15) is 11.1 Å². The molecule has 9 heteroatoms. The van der Waals surface area contributed by atoms with Crippen molar-refractivity contribution in [3.8, 4) is 0 Å². The average molecular weight is 398 g/mol. The maximum Gasteiger partial charge on any atom is 0.323 e. The molecule has 6 rings (SSSR count). The van der Waals surface area contributed by atoms with Crippen molar-refractivity contribution in [2.75, 3.05) is 18.4 Å². The molecule has 4 bridgehead atoms. The van der Waals surface area contributed by atoms with Crippen LogP contribution in [0.15, 0.2) is 0 Å². The van der Waals surface area contributed by atoms with E-state index in [-0.39, 0.29) is 18.4 Å². The van der Waals surface area contributed by atoms with Gasteiger partial charge in [0.15, 0.2) is 0 Å². The molecule has 1 aromatic rings. The predicted octanol–water partition coefficient (Wildman–Crippen LogP) is 3.24. The van der Waals surface area contributed by atoms with E-state index in [4.69, 9.17) is 0 Å². The molecule has 4 aliphatic carbocycles. The standard InChI is InChI=1S/C18H24F2N4O2S/c19-18(20)9-24(2-1-13(18)25)16(26)21-15-23-22-14(27-15)17-6-10-3-11(7-17)5-12(4-10)8-17/h10-13,25H,1-9H2,(H,21,23,26). The Bertz CT molecular complexity index is 720. The number of likely N-dealkylation sites (tertiary alicyclic amines) is 1. The SMILES string of the molecule is O=C(Nc1nnc(C23CC4CC(CC(C4)C2)C3)s1)N1CCC(O)C(F)(F)C1. The Morgan fingerprint density at radius 1 is 1.15 bits per heavy atom. The molecule has 5 aliphatic rings. The fourth-order valence-electron chi connectivity index (χ4n) is 6.13. The van der Waals surface area contributed by atoms with Gasteiger partial charge in [-0.3, -0.25) is 5.32 Å². The van der Waals surface area contributed by atoms with Crippen LogP contribution in [0.4, 0.5) is 18.7 Å². The Hall–Kier alpha value is -1.35. The largest absolute Gasteiger partial charge is 0.387 e. The van der Waals surface area contributed by atoms with E-state index in [0.29, 0.717) is 5.13 Å². The Labute approximate surface area is 160 Å². The highest BCUT2D eigenvalue weighted by Crippen LogP contribution is 2.61. The maximum atomic E-state index is 13.7. The normalized spacial score (nSPS) is 39.6. The second kappa shape index (κ2) is 6.07. The number of halogens is 2. The number of rotatable bonds is 2. The number of aliphatic hydroxyl groups excluding tert-OH is 1. The first-order chi connectivity index (χ1) is 12.8. The van der Waals surface area contributed by atoms with E-state index in [1.54, 1.807) is 0 Å². The number of alkyl halides is 2. The van der Waals surface area contributed by atoms with Gasteiger partial charge < -0.3 is 10.0 Å². The molecule has 1 saturated heterocycles. The Morgan fingerprint density at radius 2 is 1.78 bits per heavy atom. The molecule has 148 valence electrons. The Balaban J connectivity index is 1.28. The quantitative estimate of drug-likeness (QED) is 0.802. The second-order valence-electron chi connectivity index (χ2n) is 9.03. The molecule has 27 heavy (non-hydrogen) atoms. The first kappa shape index (κ1) is 17.7. The van der Waals surface area contributed by atoms with Crippen LogP contribution in [-0.4, -0.2) is 51.4 Å². The van der Waals surface area contributed by atoms with Crippen molar-refractivity contribution in [3.05, 3.63) is 5.01 Å². The Morgan fingerprint density at radius 3 is 2.37 bits per heavy atom. The van der Waals surface area contributed by atoms with E-state index >= 15 is 0 Å². The van der Waals surface area contributed by atoms with Gasteiger partial charge in [0.2, 0.25) is 5.13 Å². The molecule has 5 fully saturated rings. The molecular weight excluding hydrogens is 374 g/mol. The third kappa shape index (κ3) is 3.03. The van der Waals surface area contributed by atoms with Crippen LogP contribution in [0.5, 0.6) is 0 Å². The average Bonchev–Trinajstić information content (AvgIpc) is 3.05. The number of piperidine rings is 1. The van der Waals surface area contributed by atoms with Crippen LogP contribution in [0.2, 0.25) is 0 Å². The van der Waals surface area contributed by atoms with Gasteiger partial charge in [0, 0.05) is 12.0 Å². The lowest BCUT2D eigenvalue weighted by molar-refractivity contribution is -0.140.